The molecule has 1 aliphatic rings. The Bertz CT molecular complexity index is 733. The van der Waals surface area contributed by atoms with Crippen LogP contribution in [0.1, 0.15) is 40.3 Å². The van der Waals surface area contributed by atoms with Crippen LogP contribution in [0.3, 0.4) is 0 Å². The molecule has 1 aromatic carbocycles. The Morgan fingerprint density at radius 2 is 1.96 bits per heavy atom. The van der Waals surface area contributed by atoms with Crippen molar-refractivity contribution in [2.24, 2.45) is 0 Å². The number of amides is 2. The van der Waals surface area contributed by atoms with Gasteiger partial charge in [0.05, 0.1) is 6.54 Å². The second-order valence-electron chi connectivity index (χ2n) is 6.29. The van der Waals surface area contributed by atoms with Crippen LogP contribution in [-0.4, -0.2) is 35.2 Å². The lowest BCUT2D eigenvalue weighted by atomic mass is 10.1. The SMILES string of the molecule is Cc1ccc(CN(C)C(=O)c2ccc(CN3CCCC3=O)cc2)o1. The number of hydrogen-bond donors (Lipinski definition) is 0. The molecule has 0 saturated carbocycles. The number of furan rings is 1. The summed E-state index contributed by atoms with van der Waals surface area (Å²) in [4.78, 5) is 27.7. The van der Waals surface area contributed by atoms with Gasteiger partial charge in [0.2, 0.25) is 5.91 Å². The second-order valence-corrected chi connectivity index (χ2v) is 6.29. The van der Waals surface area contributed by atoms with Crippen LogP contribution in [0.2, 0.25) is 0 Å². The van der Waals surface area contributed by atoms with Crippen molar-refractivity contribution in [3.05, 3.63) is 59.0 Å². The molecule has 2 aromatic rings. The van der Waals surface area contributed by atoms with E-state index in [2.05, 4.69) is 0 Å². The molecule has 2 heterocycles. The molecule has 1 fully saturated rings. The molecule has 1 saturated heterocycles. The fourth-order valence-electron chi connectivity index (χ4n) is 2.94. The lowest BCUT2D eigenvalue weighted by Crippen LogP contribution is -2.26. The number of benzene rings is 1. The van der Waals surface area contributed by atoms with E-state index in [1.54, 1.807) is 11.9 Å². The topological polar surface area (TPSA) is 53.8 Å². The van der Waals surface area contributed by atoms with Gasteiger partial charge in [0.1, 0.15) is 11.5 Å². The van der Waals surface area contributed by atoms with Gasteiger partial charge in [-0.2, -0.15) is 0 Å². The minimum Gasteiger partial charge on any atom is -0.464 e. The third-order valence-electron chi connectivity index (χ3n) is 4.28. The number of nitrogens with zero attached hydrogens (tertiary/aromatic N) is 2. The van der Waals surface area contributed by atoms with Gasteiger partial charge >= 0.3 is 0 Å². The van der Waals surface area contributed by atoms with Crippen molar-refractivity contribution in [2.75, 3.05) is 13.6 Å². The molecule has 5 nitrogen and oxygen atoms in total. The number of likely N-dealkylation sites (tertiary alicyclic amines) is 1. The molecule has 1 aliphatic heterocycles. The maximum atomic E-state index is 12.5. The van der Waals surface area contributed by atoms with Gasteiger partial charge in [0.25, 0.3) is 5.91 Å². The summed E-state index contributed by atoms with van der Waals surface area (Å²) < 4.78 is 5.51. The Hall–Kier alpha value is -2.56. The molecule has 0 N–H and O–H groups in total. The van der Waals surface area contributed by atoms with Crippen LogP contribution < -0.4 is 0 Å². The molecule has 0 aliphatic carbocycles. The van der Waals surface area contributed by atoms with Gasteiger partial charge in [-0.15, -0.1) is 0 Å². The fraction of sp³-hybridized carbons (Fsp3) is 0.368. The molecule has 0 bridgehead atoms. The first-order valence-electron chi connectivity index (χ1n) is 8.20. The first-order chi connectivity index (χ1) is 11.5. The van der Waals surface area contributed by atoms with E-state index >= 15 is 0 Å². The third-order valence-corrected chi connectivity index (χ3v) is 4.28. The summed E-state index contributed by atoms with van der Waals surface area (Å²) in [7, 11) is 1.76. The third kappa shape index (κ3) is 3.67. The number of hydrogen-bond acceptors (Lipinski definition) is 3. The first kappa shape index (κ1) is 16.3. The quantitative estimate of drug-likeness (QED) is 0.849. The van der Waals surface area contributed by atoms with E-state index in [4.69, 9.17) is 4.42 Å². The van der Waals surface area contributed by atoms with E-state index in [1.807, 2.05) is 48.2 Å². The van der Waals surface area contributed by atoms with Crippen molar-refractivity contribution in [2.45, 2.75) is 32.9 Å². The highest BCUT2D eigenvalue weighted by Crippen LogP contribution is 2.16. The van der Waals surface area contributed by atoms with E-state index in [1.165, 1.54) is 0 Å². The molecule has 24 heavy (non-hydrogen) atoms. The molecule has 126 valence electrons. The van der Waals surface area contributed by atoms with Gasteiger partial charge in [0.15, 0.2) is 0 Å². The zero-order chi connectivity index (χ0) is 17.1. The van der Waals surface area contributed by atoms with Crippen molar-refractivity contribution in [1.82, 2.24) is 9.80 Å². The summed E-state index contributed by atoms with van der Waals surface area (Å²) >= 11 is 0. The highest BCUT2D eigenvalue weighted by atomic mass is 16.3. The van der Waals surface area contributed by atoms with Crippen molar-refractivity contribution in [3.63, 3.8) is 0 Å². The van der Waals surface area contributed by atoms with Gasteiger partial charge in [-0.25, -0.2) is 0 Å². The standard InChI is InChI=1S/C19H22N2O3/c1-14-5-10-17(24-14)13-20(2)19(23)16-8-6-15(7-9-16)12-21-11-3-4-18(21)22/h5-10H,3-4,11-13H2,1-2H3. The molecule has 3 rings (SSSR count). The second kappa shape index (κ2) is 6.91. The summed E-state index contributed by atoms with van der Waals surface area (Å²) in [6.45, 7) is 3.77. The highest BCUT2D eigenvalue weighted by Gasteiger charge is 2.20. The average molecular weight is 326 g/mol. The Labute approximate surface area is 141 Å². The Balaban J connectivity index is 1.61. The molecule has 0 spiro atoms. The number of rotatable bonds is 5. The minimum absolute atomic E-state index is 0.0483. The van der Waals surface area contributed by atoms with E-state index in [0.717, 1.165) is 30.0 Å². The van der Waals surface area contributed by atoms with E-state index in [-0.39, 0.29) is 11.8 Å². The Morgan fingerprint density at radius 1 is 1.21 bits per heavy atom. The summed E-state index contributed by atoms with van der Waals surface area (Å²) in [5, 5.41) is 0. The molecule has 1 aromatic heterocycles. The van der Waals surface area contributed by atoms with Gasteiger partial charge in [-0.05, 0) is 43.2 Å². The van der Waals surface area contributed by atoms with Crippen molar-refractivity contribution in [1.29, 1.82) is 0 Å². The van der Waals surface area contributed by atoms with Crippen molar-refractivity contribution in [3.8, 4) is 0 Å². The molecule has 0 atom stereocenters. The van der Waals surface area contributed by atoms with Crippen LogP contribution in [0.25, 0.3) is 0 Å². The van der Waals surface area contributed by atoms with E-state index < -0.39 is 0 Å². The lowest BCUT2D eigenvalue weighted by molar-refractivity contribution is -0.128. The Morgan fingerprint density at radius 3 is 2.54 bits per heavy atom. The molecule has 0 radical (unpaired) electrons. The van der Waals surface area contributed by atoms with Gasteiger partial charge in [0, 0.05) is 32.1 Å². The summed E-state index contributed by atoms with van der Waals surface area (Å²) in [5.41, 5.74) is 1.68. The maximum absolute atomic E-state index is 12.5. The van der Waals surface area contributed by atoms with Crippen LogP contribution in [0, 0.1) is 6.92 Å². The van der Waals surface area contributed by atoms with E-state index in [0.29, 0.717) is 25.1 Å². The molecular formula is C19H22N2O3. The zero-order valence-electron chi connectivity index (χ0n) is 14.1. The zero-order valence-corrected chi connectivity index (χ0v) is 14.1. The molecule has 5 heteroatoms. The van der Waals surface area contributed by atoms with Gasteiger partial charge in [-0.3, -0.25) is 9.59 Å². The van der Waals surface area contributed by atoms with Gasteiger partial charge in [-0.1, -0.05) is 12.1 Å². The summed E-state index contributed by atoms with van der Waals surface area (Å²) in [5.74, 6) is 1.77. The normalized spacial score (nSPS) is 14.2. The van der Waals surface area contributed by atoms with Crippen molar-refractivity contribution < 1.29 is 14.0 Å². The summed E-state index contributed by atoms with van der Waals surface area (Å²) in [6.07, 6.45) is 1.58. The predicted octanol–water partition coefficient (Wildman–Crippen LogP) is 2.98. The predicted molar refractivity (Wildman–Crippen MR) is 90.3 cm³/mol. The first-order valence-corrected chi connectivity index (χ1v) is 8.20. The van der Waals surface area contributed by atoms with Crippen LogP contribution in [0.4, 0.5) is 0 Å². The molecule has 0 unspecified atom stereocenters. The number of carbonyl (C=O) groups excluding carboxylic acids is 2. The lowest BCUT2D eigenvalue weighted by Gasteiger charge is -2.17. The van der Waals surface area contributed by atoms with Crippen LogP contribution in [0.15, 0.2) is 40.8 Å². The Kier molecular flexibility index (Phi) is 4.69. The molecular weight excluding hydrogens is 304 g/mol. The minimum atomic E-state index is -0.0483. The van der Waals surface area contributed by atoms with Crippen LogP contribution in [-0.2, 0) is 17.9 Å². The fourth-order valence-corrected chi connectivity index (χ4v) is 2.94. The average Bonchev–Trinajstić information content (AvgIpc) is 3.16. The summed E-state index contributed by atoms with van der Waals surface area (Å²) in [6, 6.07) is 11.3. The highest BCUT2D eigenvalue weighted by molar-refractivity contribution is 5.94. The van der Waals surface area contributed by atoms with Crippen LogP contribution in [0.5, 0.6) is 0 Å². The number of aryl methyl sites for hydroxylation is 1. The molecule has 2 amide bonds. The van der Waals surface area contributed by atoms with E-state index in [9.17, 15) is 9.59 Å². The van der Waals surface area contributed by atoms with Crippen molar-refractivity contribution >= 4 is 11.8 Å². The smallest absolute Gasteiger partial charge is 0.254 e. The van der Waals surface area contributed by atoms with Gasteiger partial charge < -0.3 is 14.2 Å². The monoisotopic (exact) mass is 326 g/mol. The largest absolute Gasteiger partial charge is 0.464 e. The number of carbonyl (C=O) groups is 2. The van der Waals surface area contributed by atoms with Crippen LogP contribution >= 0.6 is 0 Å². The maximum Gasteiger partial charge on any atom is 0.254 e.